The lowest BCUT2D eigenvalue weighted by molar-refractivity contribution is 0.0907. The van der Waals surface area contributed by atoms with Crippen LogP contribution < -0.4 is 5.32 Å². The Morgan fingerprint density at radius 1 is 1.07 bits per heavy atom. The van der Waals surface area contributed by atoms with E-state index in [1.165, 1.54) is 25.7 Å². The summed E-state index contributed by atoms with van der Waals surface area (Å²) in [5.41, 5.74) is 2.69. The smallest absolute Gasteiger partial charge is 0.287 e. The van der Waals surface area contributed by atoms with Crippen LogP contribution in [0.1, 0.15) is 53.4 Å². The zero-order valence-corrected chi connectivity index (χ0v) is 17.5. The van der Waals surface area contributed by atoms with E-state index in [1.54, 1.807) is 0 Å². The summed E-state index contributed by atoms with van der Waals surface area (Å²) in [5.74, 6) is 0.213. The molecular formula is C24H27ClN2O2. The number of hydrogen-bond donors (Lipinski definition) is 1. The van der Waals surface area contributed by atoms with Crippen molar-refractivity contribution < 1.29 is 9.21 Å². The van der Waals surface area contributed by atoms with Crippen molar-refractivity contribution in [3.05, 3.63) is 70.4 Å². The highest BCUT2D eigenvalue weighted by Gasteiger charge is 2.25. The van der Waals surface area contributed by atoms with Gasteiger partial charge in [0.15, 0.2) is 5.76 Å². The zero-order chi connectivity index (χ0) is 20.2. The lowest BCUT2D eigenvalue weighted by Crippen LogP contribution is -2.39. The van der Waals surface area contributed by atoms with Crippen molar-refractivity contribution in [1.82, 2.24) is 10.2 Å². The van der Waals surface area contributed by atoms with E-state index in [1.807, 2.05) is 49.4 Å². The SMILES string of the molecule is Cc1c(C(=O)NC[C@@H](c2ccccc2Cl)N2CCCCCC2)oc2ccccc12. The van der Waals surface area contributed by atoms with E-state index in [0.29, 0.717) is 12.3 Å². The van der Waals surface area contributed by atoms with E-state index >= 15 is 0 Å². The number of carbonyl (C=O) groups is 1. The van der Waals surface area contributed by atoms with Crippen LogP contribution in [0.15, 0.2) is 52.9 Å². The van der Waals surface area contributed by atoms with Crippen LogP contribution in [0, 0.1) is 6.92 Å². The molecule has 1 aliphatic rings. The number of rotatable bonds is 5. The van der Waals surface area contributed by atoms with Crippen LogP contribution in [0.2, 0.25) is 5.02 Å². The fraction of sp³-hybridized carbons (Fsp3) is 0.375. The van der Waals surface area contributed by atoms with Gasteiger partial charge in [0, 0.05) is 22.5 Å². The van der Waals surface area contributed by atoms with Crippen LogP contribution in [0.5, 0.6) is 0 Å². The molecule has 1 aromatic heterocycles. The Morgan fingerprint density at radius 3 is 2.48 bits per heavy atom. The summed E-state index contributed by atoms with van der Waals surface area (Å²) in [6.07, 6.45) is 4.88. The number of para-hydroxylation sites is 1. The molecule has 0 radical (unpaired) electrons. The molecule has 0 aliphatic carbocycles. The highest BCUT2D eigenvalue weighted by atomic mass is 35.5. The number of fused-ring (bicyclic) bond motifs is 1. The quantitative estimate of drug-likeness (QED) is 0.583. The van der Waals surface area contributed by atoms with Crippen LogP contribution >= 0.6 is 11.6 Å². The monoisotopic (exact) mass is 410 g/mol. The van der Waals surface area contributed by atoms with E-state index in [2.05, 4.69) is 16.3 Å². The lowest BCUT2D eigenvalue weighted by Gasteiger charge is -2.31. The summed E-state index contributed by atoms with van der Waals surface area (Å²) in [6, 6.07) is 15.7. The molecule has 0 spiro atoms. The third-order valence-corrected chi connectivity index (χ3v) is 6.20. The maximum absolute atomic E-state index is 13.0. The number of aryl methyl sites for hydroxylation is 1. The highest BCUT2D eigenvalue weighted by molar-refractivity contribution is 6.31. The van der Waals surface area contributed by atoms with Crippen molar-refractivity contribution in [2.24, 2.45) is 0 Å². The Morgan fingerprint density at radius 2 is 1.76 bits per heavy atom. The third kappa shape index (κ3) is 4.34. The van der Waals surface area contributed by atoms with Gasteiger partial charge < -0.3 is 9.73 Å². The Labute approximate surface area is 176 Å². The second-order valence-corrected chi connectivity index (χ2v) is 8.16. The molecule has 1 atom stereocenters. The number of amides is 1. The molecular weight excluding hydrogens is 384 g/mol. The van der Waals surface area contributed by atoms with E-state index in [9.17, 15) is 4.79 Å². The Hall–Kier alpha value is -2.30. The summed E-state index contributed by atoms with van der Waals surface area (Å²) in [7, 11) is 0. The van der Waals surface area contributed by atoms with Crippen LogP contribution in [-0.2, 0) is 0 Å². The molecule has 4 rings (SSSR count). The molecule has 152 valence electrons. The first kappa shape index (κ1) is 20.0. The molecule has 3 aromatic rings. The number of benzene rings is 2. The van der Waals surface area contributed by atoms with Gasteiger partial charge in [-0.25, -0.2) is 0 Å². The first-order valence-corrected chi connectivity index (χ1v) is 10.8. The number of carbonyl (C=O) groups excluding carboxylic acids is 1. The van der Waals surface area contributed by atoms with Gasteiger partial charge in [-0.05, 0) is 50.6 Å². The molecule has 1 N–H and O–H groups in total. The van der Waals surface area contributed by atoms with Crippen LogP contribution in [0.3, 0.4) is 0 Å². The van der Waals surface area contributed by atoms with Crippen molar-refractivity contribution >= 4 is 28.5 Å². The number of halogens is 1. The van der Waals surface area contributed by atoms with E-state index in [4.69, 9.17) is 16.0 Å². The summed E-state index contributed by atoms with van der Waals surface area (Å²) < 4.78 is 5.84. The fourth-order valence-electron chi connectivity index (χ4n) is 4.25. The van der Waals surface area contributed by atoms with Crippen LogP contribution in [0.4, 0.5) is 0 Å². The molecule has 1 fully saturated rings. The second kappa shape index (κ2) is 9.02. The molecule has 2 heterocycles. The number of hydrogen-bond acceptors (Lipinski definition) is 3. The van der Waals surface area contributed by atoms with Gasteiger partial charge in [-0.2, -0.15) is 0 Å². The lowest BCUT2D eigenvalue weighted by atomic mass is 10.0. The standard InChI is InChI=1S/C24H27ClN2O2/c1-17-18-10-5-7-13-22(18)29-23(17)24(28)26-16-21(19-11-4-6-12-20(19)25)27-14-8-2-3-9-15-27/h4-7,10-13,21H,2-3,8-9,14-16H2,1H3,(H,26,28)/t21-/m0/s1. The summed E-state index contributed by atoms with van der Waals surface area (Å²) in [4.78, 5) is 15.4. The average molecular weight is 411 g/mol. The number of likely N-dealkylation sites (tertiary alicyclic amines) is 1. The van der Waals surface area contributed by atoms with Crippen molar-refractivity contribution in [3.8, 4) is 0 Å². The topological polar surface area (TPSA) is 45.5 Å². The fourth-order valence-corrected chi connectivity index (χ4v) is 4.51. The minimum absolute atomic E-state index is 0.0513. The number of nitrogens with zero attached hydrogens (tertiary/aromatic N) is 1. The van der Waals surface area contributed by atoms with Gasteiger partial charge in [0.25, 0.3) is 5.91 Å². The second-order valence-electron chi connectivity index (χ2n) is 7.75. The first-order valence-electron chi connectivity index (χ1n) is 10.4. The normalized spacial score (nSPS) is 16.5. The number of furan rings is 1. The molecule has 29 heavy (non-hydrogen) atoms. The molecule has 1 aliphatic heterocycles. The molecule has 4 nitrogen and oxygen atoms in total. The van der Waals surface area contributed by atoms with E-state index < -0.39 is 0 Å². The van der Waals surface area contributed by atoms with Crippen molar-refractivity contribution in [2.75, 3.05) is 19.6 Å². The molecule has 0 saturated carbocycles. The molecule has 1 amide bonds. The van der Waals surface area contributed by atoms with Gasteiger partial charge in [-0.1, -0.05) is 60.8 Å². The summed E-state index contributed by atoms with van der Waals surface area (Å²) >= 11 is 6.53. The van der Waals surface area contributed by atoms with E-state index in [-0.39, 0.29) is 11.9 Å². The predicted octanol–water partition coefficient (Wildman–Crippen LogP) is 5.74. The van der Waals surface area contributed by atoms with Crippen LogP contribution in [-0.4, -0.2) is 30.4 Å². The maximum atomic E-state index is 13.0. The average Bonchev–Trinajstić information content (AvgIpc) is 2.90. The first-order chi connectivity index (χ1) is 14.1. The van der Waals surface area contributed by atoms with Gasteiger partial charge >= 0.3 is 0 Å². The van der Waals surface area contributed by atoms with Crippen LogP contribution in [0.25, 0.3) is 11.0 Å². The molecule has 0 unspecified atom stereocenters. The highest BCUT2D eigenvalue weighted by Crippen LogP contribution is 2.30. The zero-order valence-electron chi connectivity index (χ0n) is 16.8. The minimum atomic E-state index is -0.175. The van der Waals surface area contributed by atoms with Crippen molar-refractivity contribution in [3.63, 3.8) is 0 Å². The van der Waals surface area contributed by atoms with Crippen molar-refractivity contribution in [1.29, 1.82) is 0 Å². The minimum Gasteiger partial charge on any atom is -0.451 e. The molecule has 5 heteroatoms. The van der Waals surface area contributed by atoms with E-state index in [0.717, 1.165) is 40.2 Å². The molecule has 1 saturated heterocycles. The van der Waals surface area contributed by atoms with Crippen molar-refractivity contribution in [2.45, 2.75) is 38.6 Å². The summed E-state index contributed by atoms with van der Waals surface area (Å²) in [5, 5.41) is 4.84. The van der Waals surface area contributed by atoms with Gasteiger partial charge in [0.2, 0.25) is 0 Å². The largest absolute Gasteiger partial charge is 0.451 e. The molecule has 0 bridgehead atoms. The third-order valence-electron chi connectivity index (χ3n) is 5.85. The van der Waals surface area contributed by atoms with Gasteiger partial charge in [0.1, 0.15) is 5.58 Å². The Bertz CT molecular complexity index is 989. The Kier molecular flexibility index (Phi) is 6.22. The Balaban J connectivity index is 1.56. The molecule has 2 aromatic carbocycles. The van der Waals surface area contributed by atoms with Gasteiger partial charge in [-0.3, -0.25) is 9.69 Å². The maximum Gasteiger partial charge on any atom is 0.287 e. The number of nitrogens with one attached hydrogen (secondary N) is 1. The predicted molar refractivity (Wildman–Crippen MR) is 118 cm³/mol. The van der Waals surface area contributed by atoms with Gasteiger partial charge in [-0.15, -0.1) is 0 Å². The van der Waals surface area contributed by atoms with Gasteiger partial charge in [0.05, 0.1) is 6.04 Å². The summed E-state index contributed by atoms with van der Waals surface area (Å²) in [6.45, 7) is 4.48.